The Balaban J connectivity index is 1.55. The normalized spacial score (nSPS) is 32.1. The summed E-state index contributed by atoms with van der Waals surface area (Å²) in [6.07, 6.45) is 17.7. The molecule has 2 fully saturated rings. The molecule has 0 spiro atoms. The van der Waals surface area contributed by atoms with Gasteiger partial charge in [0.2, 0.25) is 0 Å². The van der Waals surface area contributed by atoms with Gasteiger partial charge in [-0.3, -0.25) is 0 Å². The molecule has 2 saturated carbocycles. The lowest BCUT2D eigenvalue weighted by molar-refractivity contribution is -0.0208. The molecule has 2 nitrogen and oxygen atoms in total. The van der Waals surface area contributed by atoms with E-state index < -0.39 is 0 Å². The van der Waals surface area contributed by atoms with Gasteiger partial charge in [0.25, 0.3) is 0 Å². The third-order valence-electron chi connectivity index (χ3n) is 6.28. The standard InChI is InChI=1S/C21H40O2/c1-3-5-6-7-18-8-10-19(11-9-18)20-12-14-21(15-13-20)23-17-16-22-4-2/h18-21H,3-17H2,1-2H3/t18-,19-,20?,21?. The van der Waals surface area contributed by atoms with Crippen molar-refractivity contribution in [2.24, 2.45) is 17.8 Å². The minimum absolute atomic E-state index is 0.511. The minimum Gasteiger partial charge on any atom is -0.379 e. The minimum atomic E-state index is 0.511. The van der Waals surface area contributed by atoms with Crippen molar-refractivity contribution in [3.8, 4) is 0 Å². The van der Waals surface area contributed by atoms with Gasteiger partial charge in [-0.15, -0.1) is 0 Å². The van der Waals surface area contributed by atoms with Crippen molar-refractivity contribution in [1.82, 2.24) is 0 Å². The zero-order valence-corrected chi connectivity index (χ0v) is 15.7. The highest BCUT2D eigenvalue weighted by molar-refractivity contribution is 4.82. The SMILES string of the molecule is CCCCC[C@H]1CC[C@H](C2CCC(OCCOCC)CC2)CC1. The van der Waals surface area contributed by atoms with Crippen molar-refractivity contribution in [3.63, 3.8) is 0 Å². The Bertz CT molecular complexity index is 276. The van der Waals surface area contributed by atoms with E-state index in [-0.39, 0.29) is 0 Å². The van der Waals surface area contributed by atoms with Crippen LogP contribution in [0.2, 0.25) is 0 Å². The maximum atomic E-state index is 5.97. The van der Waals surface area contributed by atoms with E-state index >= 15 is 0 Å². The number of hydrogen-bond acceptors (Lipinski definition) is 2. The van der Waals surface area contributed by atoms with Gasteiger partial charge in [-0.2, -0.15) is 0 Å². The van der Waals surface area contributed by atoms with Gasteiger partial charge in [0.15, 0.2) is 0 Å². The summed E-state index contributed by atoms with van der Waals surface area (Å²) in [4.78, 5) is 0. The van der Waals surface area contributed by atoms with Crippen LogP contribution in [0.25, 0.3) is 0 Å². The first kappa shape index (κ1) is 19.2. The molecule has 2 heteroatoms. The topological polar surface area (TPSA) is 18.5 Å². The van der Waals surface area contributed by atoms with Crippen LogP contribution >= 0.6 is 0 Å². The maximum absolute atomic E-state index is 5.97. The van der Waals surface area contributed by atoms with Gasteiger partial charge in [-0.1, -0.05) is 45.4 Å². The molecular weight excluding hydrogens is 284 g/mol. The van der Waals surface area contributed by atoms with Crippen LogP contribution in [0.4, 0.5) is 0 Å². The molecule has 0 aromatic carbocycles. The van der Waals surface area contributed by atoms with Crippen LogP contribution in [0, 0.1) is 17.8 Å². The Hall–Kier alpha value is -0.0800. The molecule has 2 aliphatic rings. The number of hydrogen-bond donors (Lipinski definition) is 0. The van der Waals surface area contributed by atoms with Crippen molar-refractivity contribution < 1.29 is 9.47 Å². The van der Waals surface area contributed by atoms with Crippen molar-refractivity contribution >= 4 is 0 Å². The molecule has 0 saturated heterocycles. The lowest BCUT2D eigenvalue weighted by Gasteiger charge is -2.37. The average Bonchev–Trinajstić information content (AvgIpc) is 2.60. The molecule has 0 atom stereocenters. The third-order valence-corrected chi connectivity index (χ3v) is 6.28. The summed E-state index contributed by atoms with van der Waals surface area (Å²) in [5.41, 5.74) is 0. The average molecular weight is 325 g/mol. The molecule has 0 bridgehead atoms. The smallest absolute Gasteiger partial charge is 0.0704 e. The van der Waals surface area contributed by atoms with Gasteiger partial charge in [-0.05, 0) is 63.2 Å². The zero-order chi connectivity index (χ0) is 16.3. The molecule has 2 aliphatic carbocycles. The maximum Gasteiger partial charge on any atom is 0.0704 e. The molecule has 0 aromatic rings. The molecule has 0 heterocycles. The second kappa shape index (κ2) is 11.5. The predicted octanol–water partition coefficient (Wildman–Crippen LogP) is 5.99. The Kier molecular flexibility index (Phi) is 9.60. The highest BCUT2D eigenvalue weighted by atomic mass is 16.5. The lowest BCUT2D eigenvalue weighted by Crippen LogP contribution is -2.29. The van der Waals surface area contributed by atoms with E-state index in [0.717, 1.165) is 37.6 Å². The Morgan fingerprint density at radius 2 is 1.39 bits per heavy atom. The molecular formula is C21H40O2. The van der Waals surface area contributed by atoms with Gasteiger partial charge in [0.1, 0.15) is 0 Å². The molecule has 136 valence electrons. The van der Waals surface area contributed by atoms with Gasteiger partial charge in [0.05, 0.1) is 19.3 Å². The van der Waals surface area contributed by atoms with Gasteiger partial charge >= 0.3 is 0 Å². The van der Waals surface area contributed by atoms with Crippen LogP contribution < -0.4 is 0 Å². The fourth-order valence-electron chi connectivity index (χ4n) is 4.78. The van der Waals surface area contributed by atoms with Crippen LogP contribution in [0.1, 0.15) is 90.9 Å². The van der Waals surface area contributed by atoms with Crippen LogP contribution in [-0.2, 0) is 9.47 Å². The van der Waals surface area contributed by atoms with Gasteiger partial charge < -0.3 is 9.47 Å². The number of ether oxygens (including phenoxy) is 2. The van der Waals surface area contributed by atoms with Crippen LogP contribution in [0.5, 0.6) is 0 Å². The summed E-state index contributed by atoms with van der Waals surface area (Å²) < 4.78 is 11.3. The zero-order valence-electron chi connectivity index (χ0n) is 15.7. The van der Waals surface area contributed by atoms with E-state index in [0.29, 0.717) is 6.10 Å². The van der Waals surface area contributed by atoms with E-state index in [2.05, 4.69) is 6.92 Å². The summed E-state index contributed by atoms with van der Waals surface area (Å²) >= 11 is 0. The largest absolute Gasteiger partial charge is 0.379 e. The third kappa shape index (κ3) is 7.13. The second-order valence-corrected chi connectivity index (χ2v) is 7.88. The Morgan fingerprint density at radius 3 is 2.00 bits per heavy atom. The van der Waals surface area contributed by atoms with E-state index in [1.165, 1.54) is 77.0 Å². The monoisotopic (exact) mass is 324 g/mol. The molecule has 0 aromatic heterocycles. The van der Waals surface area contributed by atoms with Crippen molar-refractivity contribution in [2.75, 3.05) is 19.8 Å². The number of rotatable bonds is 10. The predicted molar refractivity (Wildman–Crippen MR) is 97.8 cm³/mol. The first-order valence-corrected chi connectivity index (χ1v) is 10.5. The van der Waals surface area contributed by atoms with E-state index in [1.54, 1.807) is 0 Å². The summed E-state index contributed by atoms with van der Waals surface area (Å²) in [5.74, 6) is 3.08. The Labute approximate surface area is 144 Å². The molecule has 0 radical (unpaired) electrons. The molecule has 0 amide bonds. The van der Waals surface area contributed by atoms with Crippen molar-refractivity contribution in [3.05, 3.63) is 0 Å². The molecule has 0 aliphatic heterocycles. The number of unbranched alkanes of at least 4 members (excludes halogenated alkanes) is 2. The summed E-state index contributed by atoms with van der Waals surface area (Å²) in [5, 5.41) is 0. The second-order valence-electron chi connectivity index (χ2n) is 7.88. The molecule has 23 heavy (non-hydrogen) atoms. The Morgan fingerprint density at radius 1 is 0.739 bits per heavy atom. The molecule has 0 unspecified atom stereocenters. The summed E-state index contributed by atoms with van der Waals surface area (Å²) in [6.45, 7) is 6.71. The van der Waals surface area contributed by atoms with Gasteiger partial charge in [0, 0.05) is 6.61 Å². The summed E-state index contributed by atoms with van der Waals surface area (Å²) in [6, 6.07) is 0. The van der Waals surface area contributed by atoms with Crippen LogP contribution in [-0.4, -0.2) is 25.9 Å². The van der Waals surface area contributed by atoms with E-state index in [4.69, 9.17) is 9.47 Å². The fourth-order valence-corrected chi connectivity index (χ4v) is 4.78. The van der Waals surface area contributed by atoms with Crippen molar-refractivity contribution in [1.29, 1.82) is 0 Å². The highest BCUT2D eigenvalue weighted by Gasteiger charge is 2.30. The molecule has 2 rings (SSSR count). The van der Waals surface area contributed by atoms with E-state index in [9.17, 15) is 0 Å². The first-order valence-electron chi connectivity index (χ1n) is 10.5. The van der Waals surface area contributed by atoms with Gasteiger partial charge in [-0.25, -0.2) is 0 Å². The summed E-state index contributed by atoms with van der Waals surface area (Å²) in [7, 11) is 0. The van der Waals surface area contributed by atoms with Crippen LogP contribution in [0.15, 0.2) is 0 Å². The van der Waals surface area contributed by atoms with E-state index in [1.807, 2.05) is 6.92 Å². The molecule has 0 N–H and O–H groups in total. The highest BCUT2D eigenvalue weighted by Crippen LogP contribution is 2.41. The van der Waals surface area contributed by atoms with Crippen LogP contribution in [0.3, 0.4) is 0 Å². The van der Waals surface area contributed by atoms with Crippen molar-refractivity contribution in [2.45, 2.75) is 97.0 Å². The quantitative estimate of drug-likeness (QED) is 0.460. The fraction of sp³-hybridized carbons (Fsp3) is 1.00. The lowest BCUT2D eigenvalue weighted by atomic mass is 9.70. The first-order chi connectivity index (χ1) is 11.3.